The predicted octanol–water partition coefficient (Wildman–Crippen LogP) is 0.0700. The standard InChI is InChI=1S/C29H42O11/c1-15-22(32)23(33)24(34)29(37,39-15)40-17-3-8-26(14-30)19-4-7-25(2)18(16-11-21(31)38-13-16)6-10-28(25,36)20(19)5-9-27(26,35)12-17/h11,14-15,17-20,22-24,32-37H,3-10,12-13H2,1-2H3/t15-,17-,18+,19-,20+,22+,23+,24-,25+,26-,27-,28-,29+/m0/s1. The lowest BCUT2D eigenvalue weighted by molar-refractivity contribution is -0.458. The Morgan fingerprint density at radius 3 is 2.38 bits per heavy atom. The Hall–Kier alpha value is -1.44. The number of aliphatic hydroxyl groups is 6. The lowest BCUT2D eigenvalue weighted by atomic mass is 9.41. The van der Waals surface area contributed by atoms with Gasteiger partial charge >= 0.3 is 11.9 Å². The fraction of sp³-hybridized carbons (Fsp3) is 0.862. The van der Waals surface area contributed by atoms with E-state index in [-0.39, 0.29) is 56.0 Å². The van der Waals surface area contributed by atoms with Gasteiger partial charge in [0.25, 0.3) is 0 Å². The zero-order chi connectivity index (χ0) is 28.9. The maximum absolute atomic E-state index is 13.0. The number of rotatable bonds is 4. The maximum Gasteiger partial charge on any atom is 0.331 e. The number of ether oxygens (including phenoxy) is 3. The molecule has 1 saturated heterocycles. The number of carbonyl (C=O) groups is 2. The number of carbonyl (C=O) groups excluding carboxylic acids is 2. The summed E-state index contributed by atoms with van der Waals surface area (Å²) in [5.74, 6) is -3.38. The minimum atomic E-state index is -2.59. The highest BCUT2D eigenvalue weighted by Crippen LogP contribution is 2.70. The first-order valence-corrected chi connectivity index (χ1v) is 14.6. The Balaban J connectivity index is 1.24. The van der Waals surface area contributed by atoms with Crippen molar-refractivity contribution in [3.05, 3.63) is 11.6 Å². The topological polar surface area (TPSA) is 183 Å². The van der Waals surface area contributed by atoms with Crippen LogP contribution in [0.25, 0.3) is 0 Å². The Morgan fingerprint density at radius 1 is 0.975 bits per heavy atom. The summed E-state index contributed by atoms with van der Waals surface area (Å²) in [5.41, 5.74) is -3.19. The van der Waals surface area contributed by atoms with Crippen molar-refractivity contribution >= 4 is 12.3 Å². The van der Waals surface area contributed by atoms with E-state index in [9.17, 15) is 40.2 Å². The molecule has 0 amide bonds. The van der Waals surface area contributed by atoms with Gasteiger partial charge in [-0.2, -0.15) is 0 Å². The molecule has 4 aliphatic carbocycles. The molecular formula is C29H42O11. The molecule has 0 radical (unpaired) electrons. The number of cyclic esters (lactones) is 1. The van der Waals surface area contributed by atoms with Gasteiger partial charge in [0.05, 0.1) is 28.8 Å². The summed E-state index contributed by atoms with van der Waals surface area (Å²) >= 11 is 0. The van der Waals surface area contributed by atoms with Crippen LogP contribution >= 0.6 is 0 Å². The summed E-state index contributed by atoms with van der Waals surface area (Å²) in [6, 6.07) is 0. The van der Waals surface area contributed by atoms with Crippen molar-refractivity contribution in [2.75, 3.05) is 6.61 Å². The summed E-state index contributed by atoms with van der Waals surface area (Å²) in [6.07, 6.45) is -0.559. The Kier molecular flexibility index (Phi) is 6.65. The van der Waals surface area contributed by atoms with E-state index in [4.69, 9.17) is 14.2 Å². The third kappa shape index (κ3) is 3.71. The van der Waals surface area contributed by atoms with Crippen LogP contribution in [0.4, 0.5) is 0 Å². The van der Waals surface area contributed by atoms with Crippen LogP contribution < -0.4 is 0 Å². The Morgan fingerprint density at radius 2 is 1.70 bits per heavy atom. The quantitative estimate of drug-likeness (QED) is 0.117. The van der Waals surface area contributed by atoms with Crippen molar-refractivity contribution in [1.29, 1.82) is 0 Å². The molecule has 2 heterocycles. The van der Waals surface area contributed by atoms with Gasteiger partial charge in [0.2, 0.25) is 0 Å². The zero-order valence-electron chi connectivity index (χ0n) is 23.1. The molecular weight excluding hydrogens is 524 g/mol. The first-order valence-electron chi connectivity index (χ1n) is 14.6. The molecule has 40 heavy (non-hydrogen) atoms. The van der Waals surface area contributed by atoms with E-state index in [1.807, 2.05) is 0 Å². The third-order valence-corrected chi connectivity index (χ3v) is 12.0. The largest absolute Gasteiger partial charge is 0.458 e. The number of hydrogen-bond donors (Lipinski definition) is 6. The van der Waals surface area contributed by atoms with E-state index in [1.54, 1.807) is 6.08 Å². The molecule has 0 aromatic carbocycles. The summed E-state index contributed by atoms with van der Waals surface area (Å²) in [7, 11) is 0. The van der Waals surface area contributed by atoms with Crippen molar-refractivity contribution in [1.82, 2.24) is 0 Å². The summed E-state index contributed by atoms with van der Waals surface area (Å²) in [4.78, 5) is 24.8. The first kappa shape index (κ1) is 28.7. The van der Waals surface area contributed by atoms with Gasteiger partial charge in [0.1, 0.15) is 25.1 Å². The molecule has 11 nitrogen and oxygen atoms in total. The second-order valence-electron chi connectivity index (χ2n) is 13.6. The molecule has 5 fully saturated rings. The van der Waals surface area contributed by atoms with Crippen molar-refractivity contribution < 1.29 is 54.4 Å². The third-order valence-electron chi connectivity index (χ3n) is 12.0. The average Bonchev–Trinajstić information content (AvgIpc) is 3.45. The lowest BCUT2D eigenvalue weighted by Crippen LogP contribution is -2.70. The van der Waals surface area contributed by atoms with Crippen molar-refractivity contribution in [2.45, 2.75) is 119 Å². The molecule has 6 rings (SSSR count). The highest BCUT2D eigenvalue weighted by molar-refractivity contribution is 5.85. The van der Waals surface area contributed by atoms with Gasteiger partial charge in [-0.1, -0.05) is 6.92 Å². The molecule has 0 aromatic rings. The van der Waals surface area contributed by atoms with E-state index in [0.717, 1.165) is 18.3 Å². The highest BCUT2D eigenvalue weighted by Gasteiger charge is 2.72. The van der Waals surface area contributed by atoms with Crippen LogP contribution in [0.15, 0.2) is 11.6 Å². The lowest BCUT2D eigenvalue weighted by Gasteiger charge is -2.65. The smallest absolute Gasteiger partial charge is 0.331 e. The molecule has 0 spiro atoms. The summed E-state index contributed by atoms with van der Waals surface area (Å²) in [5, 5.41) is 66.0. The molecule has 4 saturated carbocycles. The van der Waals surface area contributed by atoms with E-state index in [1.165, 1.54) is 6.92 Å². The normalized spacial score (nSPS) is 56.0. The highest BCUT2D eigenvalue weighted by atomic mass is 16.8. The minimum Gasteiger partial charge on any atom is -0.458 e. The van der Waals surface area contributed by atoms with Crippen molar-refractivity contribution in [3.8, 4) is 0 Å². The zero-order valence-corrected chi connectivity index (χ0v) is 23.1. The molecule has 224 valence electrons. The Labute approximate surface area is 233 Å². The van der Waals surface area contributed by atoms with E-state index in [0.29, 0.717) is 25.7 Å². The molecule has 6 N–H and O–H groups in total. The number of esters is 1. The SMILES string of the molecule is C[C@@H]1O[C@@](O)(O[C@H]2CC[C@]3(C=O)[C@H]4CC[C@]5(C)[C@@H](C6=CC(=O)OC6)CC[C@]5(O)[C@@H]4CC[C@]3(O)C2)[C@@H](O)[C@H](O)[C@@H]1O. The van der Waals surface area contributed by atoms with Crippen molar-refractivity contribution in [2.24, 2.45) is 28.6 Å². The van der Waals surface area contributed by atoms with Crippen LogP contribution in [0.3, 0.4) is 0 Å². The minimum absolute atomic E-state index is 0.00500. The van der Waals surface area contributed by atoms with Gasteiger partial charge in [-0.05, 0) is 81.6 Å². The summed E-state index contributed by atoms with van der Waals surface area (Å²) in [6.45, 7) is 3.78. The number of hydrogen-bond acceptors (Lipinski definition) is 11. The number of aliphatic hydroxyl groups excluding tert-OH is 3. The van der Waals surface area contributed by atoms with E-state index >= 15 is 0 Å². The molecule has 0 bridgehead atoms. The van der Waals surface area contributed by atoms with Gasteiger partial charge in [-0.3, -0.25) is 0 Å². The van der Waals surface area contributed by atoms with E-state index < -0.39 is 58.5 Å². The summed E-state index contributed by atoms with van der Waals surface area (Å²) < 4.78 is 16.3. The molecule has 0 unspecified atom stereocenters. The monoisotopic (exact) mass is 566 g/mol. The average molecular weight is 567 g/mol. The van der Waals surface area contributed by atoms with E-state index in [2.05, 4.69) is 6.92 Å². The van der Waals surface area contributed by atoms with Gasteiger partial charge < -0.3 is 49.6 Å². The van der Waals surface area contributed by atoms with Gasteiger partial charge in [0, 0.05) is 17.9 Å². The molecule has 2 aliphatic heterocycles. The van der Waals surface area contributed by atoms with Gasteiger partial charge in [0.15, 0.2) is 6.10 Å². The van der Waals surface area contributed by atoms with Crippen LogP contribution in [-0.2, 0) is 23.8 Å². The van der Waals surface area contributed by atoms with Crippen LogP contribution in [0.1, 0.15) is 71.6 Å². The maximum atomic E-state index is 13.0. The van der Waals surface area contributed by atoms with Crippen LogP contribution in [0, 0.1) is 28.6 Å². The first-order chi connectivity index (χ1) is 18.7. The fourth-order valence-corrected chi connectivity index (χ4v) is 9.84. The molecule has 13 atom stereocenters. The van der Waals surface area contributed by atoms with Crippen molar-refractivity contribution in [3.63, 3.8) is 0 Å². The van der Waals surface area contributed by atoms with Gasteiger partial charge in [-0.25, -0.2) is 4.79 Å². The number of aldehydes is 1. The molecule has 0 aromatic heterocycles. The molecule has 11 heteroatoms. The van der Waals surface area contributed by atoms with Crippen LogP contribution in [-0.4, -0.2) is 97.2 Å². The second-order valence-corrected chi connectivity index (χ2v) is 13.6. The van der Waals surface area contributed by atoms with Crippen LogP contribution in [0.5, 0.6) is 0 Å². The molecule has 6 aliphatic rings. The fourth-order valence-electron chi connectivity index (χ4n) is 9.84. The second kappa shape index (κ2) is 9.28. The van der Waals surface area contributed by atoms with Crippen LogP contribution in [0.2, 0.25) is 0 Å². The number of fused-ring (bicyclic) bond motifs is 5. The predicted molar refractivity (Wildman–Crippen MR) is 136 cm³/mol. The van der Waals surface area contributed by atoms with Gasteiger partial charge in [-0.15, -0.1) is 0 Å². The Bertz CT molecular complexity index is 1100.